The summed E-state index contributed by atoms with van der Waals surface area (Å²) in [7, 11) is 4.25. The van der Waals surface area contributed by atoms with Gasteiger partial charge in [0.2, 0.25) is 0 Å². The van der Waals surface area contributed by atoms with E-state index in [1.54, 1.807) is 0 Å². The molecule has 15 unspecified atom stereocenters. The fourth-order valence-corrected chi connectivity index (χ4v) is 14.4. The van der Waals surface area contributed by atoms with Gasteiger partial charge in [-0.15, -0.1) is 11.0 Å². The molecule has 0 aromatic carbocycles. The number of aliphatic hydroxyl groups is 3. The molecule has 15 atom stereocenters. The number of aliphatic hydroxyl groups excluding tert-OH is 3. The first-order chi connectivity index (χ1) is 42.9. The van der Waals surface area contributed by atoms with Crippen molar-refractivity contribution >= 4 is 41.8 Å². The molecule has 616 valence electrons. The average Bonchev–Trinajstić information content (AvgIpc) is 1.56. The number of hydroxylamine groups is 2. The van der Waals surface area contributed by atoms with Gasteiger partial charge in [-0.25, -0.2) is 9.59 Å². The third kappa shape index (κ3) is 35.7. The Balaban J connectivity index is -0.000000140. The minimum Gasteiger partial charge on any atom is -0.481 e. The fraction of sp³-hybridized carbons (Fsp3) is 0.916. The van der Waals surface area contributed by atoms with Crippen LogP contribution in [0.25, 0.3) is 0 Å². The molecule has 0 amide bonds. The number of hydrogen-bond donors (Lipinski definition) is 7. The number of aliphatic carboxylic acids is 2. The van der Waals surface area contributed by atoms with E-state index in [4.69, 9.17) is 19.9 Å². The van der Waals surface area contributed by atoms with Gasteiger partial charge in [0.1, 0.15) is 0 Å². The molecule has 0 saturated heterocycles. The molecule has 9 aliphatic carbocycles. The molecular formula is C83H172N2O17. The van der Waals surface area contributed by atoms with E-state index in [0.717, 1.165) is 125 Å². The highest BCUT2D eigenvalue weighted by molar-refractivity contribution is 5.77. The minimum atomic E-state index is -0.824. The van der Waals surface area contributed by atoms with E-state index in [1.165, 1.54) is 85.5 Å². The molecule has 6 bridgehead atoms. The number of carbonyl (C=O) groups excluding carboxylic acids is 5. The van der Waals surface area contributed by atoms with E-state index in [2.05, 4.69) is 25.2 Å². The number of fused-ring (bicyclic) bond motifs is 11. The van der Waals surface area contributed by atoms with Crippen molar-refractivity contribution in [3.63, 3.8) is 0 Å². The predicted molar refractivity (Wildman–Crippen MR) is 424 cm³/mol. The summed E-state index contributed by atoms with van der Waals surface area (Å²) in [4.78, 5) is 88.7. The Bertz CT molecular complexity index is 2180. The molecule has 0 aromatic rings. The molecule has 9 fully saturated rings. The molecule has 102 heavy (non-hydrogen) atoms. The lowest BCUT2D eigenvalue weighted by Crippen LogP contribution is -2.47. The van der Waals surface area contributed by atoms with Crippen molar-refractivity contribution in [3.8, 4) is 0 Å². The Morgan fingerprint density at radius 3 is 1.07 bits per heavy atom. The van der Waals surface area contributed by atoms with Crippen molar-refractivity contribution in [1.29, 1.82) is 0 Å². The molecule has 0 radical (unpaired) electrons. The van der Waals surface area contributed by atoms with Crippen LogP contribution in [-0.4, -0.2) is 119 Å². The second-order valence-electron chi connectivity index (χ2n) is 31.4. The largest absolute Gasteiger partial charge is 0.481 e. The fourth-order valence-electron chi connectivity index (χ4n) is 14.4. The SMILES string of the molecule is C.C.C.C.C.C.C.C.C.C.CCC(C)(C)C(=O)OC.CCC(C)(C)C(=O)OC.CCC(C)(C)C(=O)OC.CCC(C)(C)C(=O)ONC1CCCC(C)C1C(=O)O.CCC(C)(C)C(=O)ONC1CCCCC1C(=O)O.OC1CC2CC1C1C3CCC(C3)C21.OC1CC2CCC1C2.OC1CCCCC1. The van der Waals surface area contributed by atoms with E-state index in [1.807, 2.05) is 111 Å². The van der Waals surface area contributed by atoms with Crippen LogP contribution in [0.1, 0.15) is 352 Å². The summed E-state index contributed by atoms with van der Waals surface area (Å²) in [6.45, 7) is 30.2. The van der Waals surface area contributed by atoms with E-state index in [9.17, 15) is 48.9 Å². The van der Waals surface area contributed by atoms with Crippen molar-refractivity contribution in [1.82, 2.24) is 11.0 Å². The average molecular weight is 1470 g/mol. The summed E-state index contributed by atoms with van der Waals surface area (Å²) in [6.07, 6.45) is 27.9. The van der Waals surface area contributed by atoms with Gasteiger partial charge in [0.15, 0.2) is 0 Å². The molecule has 19 nitrogen and oxygen atoms in total. The predicted octanol–water partition coefficient (Wildman–Crippen LogP) is 20.1. The standard InChI is InChI=1S/C14H25NO4.C13H23NO4.C12H18O.3C7H14O2.C7H12O.C6H12O.10CH4/c1-5-14(3,4)13(18)19-15-10-8-6-7-9(2)11(10)12(16)17;1-4-13(2,3)12(17)18-14-10-8-6-5-7-9(10)11(15)16;13-10-5-8-4-9(10)12-7-2-1-6(3-7)11(8)12;3*1-5-7(2,3)6(8)9-4;8-7-4-5-1-2-6(7)3-5;7-6-4-2-1-3-5-6;;;;;;;;;;/h9-11,15H,5-8H2,1-4H3,(H,16,17);9-10,14H,4-8H2,1-3H3,(H,15,16);6-13H,1-5H2;3*5H2,1-4H3;5-8H,1-4H2;6-7H,1-5H2;10*1H4. The summed E-state index contributed by atoms with van der Waals surface area (Å²) in [5.41, 5.74) is 3.33. The topological polar surface area (TPSA) is 291 Å². The van der Waals surface area contributed by atoms with Crippen molar-refractivity contribution in [2.45, 2.75) is 382 Å². The number of rotatable bonds is 16. The Kier molecular flexibility index (Phi) is 62.4. The lowest BCUT2D eigenvalue weighted by molar-refractivity contribution is -0.169. The zero-order valence-corrected chi connectivity index (χ0v) is 60.8. The molecule has 9 aliphatic rings. The van der Waals surface area contributed by atoms with Crippen LogP contribution in [-0.2, 0) is 57.4 Å². The summed E-state index contributed by atoms with van der Waals surface area (Å²) >= 11 is 0. The normalized spacial score (nSPS) is 27.0. The first kappa shape index (κ1) is 116. The number of nitrogens with one attached hydrogen (secondary N) is 2. The van der Waals surface area contributed by atoms with Crippen molar-refractivity contribution in [3.05, 3.63) is 0 Å². The quantitative estimate of drug-likeness (QED) is 0.0327. The Morgan fingerprint density at radius 1 is 0.373 bits per heavy atom. The van der Waals surface area contributed by atoms with Gasteiger partial charge in [0.25, 0.3) is 0 Å². The zero-order chi connectivity index (χ0) is 70.1. The Hall–Kier alpha value is -3.91. The molecule has 0 heterocycles. The van der Waals surface area contributed by atoms with Crippen LogP contribution in [0.2, 0.25) is 0 Å². The molecule has 9 rings (SSSR count). The number of methoxy groups -OCH3 is 3. The highest BCUT2D eigenvalue weighted by atomic mass is 16.7. The number of ether oxygens (including phenoxy) is 3. The van der Waals surface area contributed by atoms with Crippen LogP contribution in [0, 0.1) is 92.2 Å². The molecule has 7 N–H and O–H groups in total. The van der Waals surface area contributed by atoms with Crippen LogP contribution in [0.4, 0.5) is 0 Å². The minimum absolute atomic E-state index is 0. The molecule has 9 saturated carbocycles. The molecular weight excluding hydrogens is 1300 g/mol. The Labute approximate surface area is 628 Å². The maximum Gasteiger partial charge on any atom is 0.330 e. The summed E-state index contributed by atoms with van der Waals surface area (Å²) in [5.74, 6) is 3.81. The van der Waals surface area contributed by atoms with Crippen LogP contribution in [0.5, 0.6) is 0 Å². The number of carbonyl (C=O) groups is 7. The maximum absolute atomic E-state index is 11.9. The van der Waals surface area contributed by atoms with Crippen molar-refractivity contribution < 1.29 is 83.0 Å². The summed E-state index contributed by atoms with van der Waals surface area (Å²) < 4.78 is 13.7. The highest BCUT2D eigenvalue weighted by Gasteiger charge is 2.62. The molecule has 0 spiro atoms. The van der Waals surface area contributed by atoms with Gasteiger partial charge in [-0.3, -0.25) is 24.0 Å². The molecule has 0 aliphatic heterocycles. The monoisotopic (exact) mass is 1470 g/mol. The number of hydrogen-bond acceptors (Lipinski definition) is 17. The van der Waals surface area contributed by atoms with Gasteiger partial charge in [0.05, 0.1) is 90.6 Å². The van der Waals surface area contributed by atoms with Crippen LogP contribution in [0.3, 0.4) is 0 Å². The lowest BCUT2D eigenvalue weighted by atomic mass is 9.70. The third-order valence-corrected chi connectivity index (χ3v) is 22.9. The van der Waals surface area contributed by atoms with Gasteiger partial charge >= 0.3 is 41.8 Å². The van der Waals surface area contributed by atoms with E-state index >= 15 is 0 Å². The Morgan fingerprint density at radius 2 is 0.745 bits per heavy atom. The van der Waals surface area contributed by atoms with Crippen molar-refractivity contribution in [2.75, 3.05) is 21.3 Å². The van der Waals surface area contributed by atoms with Gasteiger partial charge in [0, 0.05) is 0 Å². The summed E-state index contributed by atoms with van der Waals surface area (Å²) in [5, 5.41) is 46.4. The van der Waals surface area contributed by atoms with Gasteiger partial charge in [-0.1, -0.05) is 154 Å². The lowest BCUT2D eigenvalue weighted by Gasteiger charge is -2.36. The van der Waals surface area contributed by atoms with E-state index in [-0.39, 0.29) is 157 Å². The van der Waals surface area contributed by atoms with Crippen LogP contribution >= 0.6 is 0 Å². The van der Waals surface area contributed by atoms with E-state index < -0.39 is 34.6 Å². The molecule has 0 aromatic heterocycles. The first-order valence-electron chi connectivity index (χ1n) is 35.6. The molecule has 19 heteroatoms. The van der Waals surface area contributed by atoms with Crippen LogP contribution in [0.15, 0.2) is 0 Å². The number of esters is 3. The van der Waals surface area contributed by atoms with Gasteiger partial charge in [-0.2, -0.15) is 0 Å². The highest BCUT2D eigenvalue weighted by Crippen LogP contribution is 2.67. The zero-order valence-electron chi connectivity index (χ0n) is 60.8. The second-order valence-corrected chi connectivity index (χ2v) is 31.4. The first-order valence-corrected chi connectivity index (χ1v) is 35.6. The number of carboxylic acids is 2. The maximum atomic E-state index is 11.9. The van der Waals surface area contributed by atoms with E-state index in [0.29, 0.717) is 25.2 Å². The van der Waals surface area contributed by atoms with Gasteiger partial charge < -0.3 is 49.4 Å². The van der Waals surface area contributed by atoms with Crippen molar-refractivity contribution in [2.24, 2.45) is 92.2 Å². The summed E-state index contributed by atoms with van der Waals surface area (Å²) in [6, 6.07) is -0.564. The van der Waals surface area contributed by atoms with Crippen LogP contribution < -0.4 is 11.0 Å². The third-order valence-electron chi connectivity index (χ3n) is 22.9. The smallest absolute Gasteiger partial charge is 0.330 e. The second kappa shape index (κ2) is 54.6. The van der Waals surface area contributed by atoms with Gasteiger partial charge in [-0.05, 0) is 251 Å². The number of carboxylic acid groups (broad SMARTS) is 2.